The van der Waals surface area contributed by atoms with Crippen molar-refractivity contribution in [2.75, 3.05) is 52.9 Å². The zero-order valence-electron chi connectivity index (χ0n) is 16.4. The highest BCUT2D eigenvalue weighted by molar-refractivity contribution is 5.86. The van der Waals surface area contributed by atoms with Crippen molar-refractivity contribution in [3.63, 3.8) is 0 Å². The average molecular weight is 386 g/mol. The first-order chi connectivity index (χ1) is 13.1. The van der Waals surface area contributed by atoms with E-state index in [4.69, 9.17) is 18.9 Å². The van der Waals surface area contributed by atoms with E-state index in [-0.39, 0.29) is 13.2 Å². The SMILES string of the molecule is C=CCOCCOCNCCCCCCNC(=O)OCCOC(=O)C(=C)C. The van der Waals surface area contributed by atoms with Gasteiger partial charge in [-0.3, -0.25) is 5.32 Å². The van der Waals surface area contributed by atoms with E-state index in [1.807, 2.05) is 0 Å². The Balaban J connectivity index is 3.23. The molecule has 0 aliphatic heterocycles. The molecule has 0 rings (SSSR count). The molecule has 0 aliphatic carbocycles. The van der Waals surface area contributed by atoms with Gasteiger partial charge >= 0.3 is 12.1 Å². The molecule has 0 bridgehead atoms. The number of rotatable bonds is 18. The first kappa shape index (κ1) is 25.1. The molecule has 0 saturated heterocycles. The van der Waals surface area contributed by atoms with E-state index < -0.39 is 12.1 Å². The van der Waals surface area contributed by atoms with Gasteiger partial charge in [0.05, 0.1) is 26.6 Å². The summed E-state index contributed by atoms with van der Waals surface area (Å²) < 4.78 is 20.3. The van der Waals surface area contributed by atoms with Crippen molar-refractivity contribution in [2.45, 2.75) is 32.6 Å². The van der Waals surface area contributed by atoms with E-state index in [0.717, 1.165) is 32.2 Å². The van der Waals surface area contributed by atoms with Gasteiger partial charge in [-0.2, -0.15) is 0 Å². The van der Waals surface area contributed by atoms with Crippen molar-refractivity contribution in [2.24, 2.45) is 0 Å². The number of nitrogens with one attached hydrogen (secondary N) is 2. The lowest BCUT2D eigenvalue weighted by Gasteiger charge is -2.08. The van der Waals surface area contributed by atoms with Crippen molar-refractivity contribution >= 4 is 12.1 Å². The Morgan fingerprint density at radius 2 is 1.59 bits per heavy atom. The normalized spacial score (nSPS) is 10.3. The second kappa shape index (κ2) is 18.9. The molecular formula is C19H34N2O6. The van der Waals surface area contributed by atoms with Gasteiger partial charge in [0, 0.05) is 12.1 Å². The Labute approximate surface area is 162 Å². The molecule has 0 unspecified atom stereocenters. The van der Waals surface area contributed by atoms with Gasteiger partial charge < -0.3 is 24.3 Å². The Morgan fingerprint density at radius 3 is 2.30 bits per heavy atom. The van der Waals surface area contributed by atoms with Gasteiger partial charge in [0.1, 0.15) is 13.2 Å². The number of unbranched alkanes of at least 4 members (excludes halogenated alkanes) is 3. The van der Waals surface area contributed by atoms with Crippen LogP contribution in [-0.4, -0.2) is 64.9 Å². The Hall–Kier alpha value is -1.90. The van der Waals surface area contributed by atoms with E-state index in [9.17, 15) is 9.59 Å². The van der Waals surface area contributed by atoms with E-state index >= 15 is 0 Å². The fraction of sp³-hybridized carbons (Fsp3) is 0.684. The molecule has 27 heavy (non-hydrogen) atoms. The lowest BCUT2D eigenvalue weighted by atomic mass is 10.2. The summed E-state index contributed by atoms with van der Waals surface area (Å²) in [7, 11) is 0. The van der Waals surface area contributed by atoms with Crippen LogP contribution in [0, 0.1) is 0 Å². The second-order valence-electron chi connectivity index (χ2n) is 5.81. The lowest BCUT2D eigenvalue weighted by Crippen LogP contribution is -2.27. The zero-order chi connectivity index (χ0) is 20.2. The first-order valence-corrected chi connectivity index (χ1v) is 9.28. The molecule has 0 aromatic rings. The first-order valence-electron chi connectivity index (χ1n) is 9.28. The molecule has 0 aromatic heterocycles. The molecule has 8 heteroatoms. The highest BCUT2D eigenvalue weighted by Crippen LogP contribution is 1.98. The minimum atomic E-state index is -0.503. The number of hydrogen-bond donors (Lipinski definition) is 2. The predicted molar refractivity (Wildman–Crippen MR) is 103 cm³/mol. The third-order valence-electron chi connectivity index (χ3n) is 3.26. The van der Waals surface area contributed by atoms with Crippen molar-refractivity contribution in [1.82, 2.24) is 10.6 Å². The van der Waals surface area contributed by atoms with Gasteiger partial charge in [-0.1, -0.05) is 25.5 Å². The van der Waals surface area contributed by atoms with E-state index in [2.05, 4.69) is 23.8 Å². The number of alkyl carbamates (subject to hydrolysis) is 1. The summed E-state index contributed by atoms with van der Waals surface area (Å²) in [5.41, 5.74) is 0.316. The van der Waals surface area contributed by atoms with Gasteiger partial charge in [0.15, 0.2) is 0 Å². The van der Waals surface area contributed by atoms with Crippen LogP contribution in [0.15, 0.2) is 24.8 Å². The maximum absolute atomic E-state index is 11.4. The van der Waals surface area contributed by atoms with Crippen molar-refractivity contribution in [1.29, 1.82) is 0 Å². The smallest absolute Gasteiger partial charge is 0.407 e. The van der Waals surface area contributed by atoms with Crippen LogP contribution in [0.25, 0.3) is 0 Å². The fourth-order valence-electron chi connectivity index (χ4n) is 1.86. The predicted octanol–water partition coefficient (Wildman–Crippen LogP) is 2.16. The maximum Gasteiger partial charge on any atom is 0.407 e. The topological polar surface area (TPSA) is 95.1 Å². The molecular weight excluding hydrogens is 352 g/mol. The van der Waals surface area contributed by atoms with Crippen LogP contribution in [0.5, 0.6) is 0 Å². The molecule has 0 fully saturated rings. The summed E-state index contributed by atoms with van der Waals surface area (Å²) in [4.78, 5) is 22.5. The molecule has 0 spiro atoms. The molecule has 0 heterocycles. The Morgan fingerprint density at radius 1 is 0.926 bits per heavy atom. The number of amides is 1. The van der Waals surface area contributed by atoms with Crippen molar-refractivity contribution in [3.05, 3.63) is 24.8 Å². The summed E-state index contributed by atoms with van der Waals surface area (Å²) in [6.45, 7) is 12.3. The van der Waals surface area contributed by atoms with Crippen LogP contribution in [0.4, 0.5) is 4.79 Å². The molecule has 156 valence electrons. The maximum atomic E-state index is 11.4. The van der Waals surface area contributed by atoms with Crippen LogP contribution in [0.3, 0.4) is 0 Å². The van der Waals surface area contributed by atoms with Crippen LogP contribution in [0.2, 0.25) is 0 Å². The van der Waals surface area contributed by atoms with Gasteiger partial charge in [0.2, 0.25) is 0 Å². The second-order valence-corrected chi connectivity index (χ2v) is 5.81. The monoisotopic (exact) mass is 386 g/mol. The Kier molecular flexibility index (Phi) is 17.5. The molecule has 0 radical (unpaired) electrons. The summed E-state index contributed by atoms with van der Waals surface area (Å²) in [5.74, 6) is -0.488. The average Bonchev–Trinajstić information content (AvgIpc) is 2.65. The third-order valence-corrected chi connectivity index (χ3v) is 3.26. The highest BCUT2D eigenvalue weighted by atomic mass is 16.6. The number of hydrogen-bond acceptors (Lipinski definition) is 7. The summed E-state index contributed by atoms with van der Waals surface area (Å²) in [5, 5.41) is 5.86. The quantitative estimate of drug-likeness (QED) is 0.123. The molecule has 0 aromatic carbocycles. The van der Waals surface area contributed by atoms with E-state index in [1.54, 1.807) is 13.0 Å². The fourth-order valence-corrected chi connectivity index (χ4v) is 1.86. The largest absolute Gasteiger partial charge is 0.459 e. The molecule has 0 saturated carbocycles. The number of carbonyl (C=O) groups excluding carboxylic acids is 2. The van der Waals surface area contributed by atoms with E-state index in [0.29, 0.717) is 38.7 Å². The van der Waals surface area contributed by atoms with Crippen LogP contribution >= 0.6 is 0 Å². The number of ether oxygens (including phenoxy) is 4. The van der Waals surface area contributed by atoms with Crippen LogP contribution < -0.4 is 10.6 Å². The highest BCUT2D eigenvalue weighted by Gasteiger charge is 2.04. The van der Waals surface area contributed by atoms with E-state index in [1.165, 1.54) is 0 Å². The standard InChI is InChI=1S/C19H34N2O6/c1-4-11-24-12-13-25-16-20-9-7-5-6-8-10-21-19(23)27-15-14-26-18(22)17(2)3/h4,20H,1-2,5-16H2,3H3,(H,21,23). The summed E-state index contributed by atoms with van der Waals surface area (Å²) >= 11 is 0. The van der Waals surface area contributed by atoms with Gasteiger partial charge in [-0.25, -0.2) is 9.59 Å². The molecule has 0 atom stereocenters. The molecule has 1 amide bonds. The van der Waals surface area contributed by atoms with Gasteiger partial charge in [-0.15, -0.1) is 6.58 Å². The third kappa shape index (κ3) is 18.7. The van der Waals surface area contributed by atoms with Gasteiger partial charge in [0.25, 0.3) is 0 Å². The number of esters is 1. The van der Waals surface area contributed by atoms with Crippen LogP contribution in [-0.2, 0) is 23.7 Å². The molecule has 8 nitrogen and oxygen atoms in total. The zero-order valence-corrected chi connectivity index (χ0v) is 16.4. The minimum Gasteiger partial charge on any atom is -0.459 e. The Bertz CT molecular complexity index is 428. The number of carbonyl (C=O) groups is 2. The van der Waals surface area contributed by atoms with Crippen molar-refractivity contribution < 1.29 is 28.5 Å². The summed E-state index contributed by atoms with van der Waals surface area (Å²) in [6.07, 6.45) is 5.24. The van der Waals surface area contributed by atoms with Gasteiger partial charge in [-0.05, 0) is 26.3 Å². The van der Waals surface area contributed by atoms with Crippen molar-refractivity contribution in [3.8, 4) is 0 Å². The molecule has 0 aliphatic rings. The molecule has 2 N–H and O–H groups in total. The summed E-state index contributed by atoms with van der Waals surface area (Å²) in [6, 6.07) is 0. The lowest BCUT2D eigenvalue weighted by molar-refractivity contribution is -0.139. The van der Waals surface area contributed by atoms with Crippen LogP contribution in [0.1, 0.15) is 32.6 Å². The minimum absolute atomic E-state index is 0.0255.